The topological polar surface area (TPSA) is 32.5 Å². The number of unbranched alkanes of at least 4 members (excludes halogenated alkanes) is 1. The van der Waals surface area contributed by atoms with Gasteiger partial charge in [0.05, 0.1) is 6.54 Å². The maximum absolute atomic E-state index is 15.4. The van der Waals surface area contributed by atoms with Crippen LogP contribution in [0, 0.1) is 18.3 Å². The van der Waals surface area contributed by atoms with E-state index in [1.807, 2.05) is 6.08 Å². The fourth-order valence-corrected chi connectivity index (χ4v) is 7.56. The average Bonchev–Trinajstić information content (AvgIpc) is 3.40. The first-order valence-corrected chi connectivity index (χ1v) is 17.3. The summed E-state index contributed by atoms with van der Waals surface area (Å²) in [7, 11) is 2.16. The van der Waals surface area contributed by atoms with E-state index in [1.54, 1.807) is 23.5 Å². The van der Waals surface area contributed by atoms with E-state index in [4.69, 9.17) is 18.7 Å². The highest BCUT2D eigenvalue weighted by atomic mass is 32.1. The number of allylic oxidation sites excluding steroid dienone is 9. The van der Waals surface area contributed by atoms with Crippen LogP contribution in [0.1, 0.15) is 77.0 Å². The molecular formula is C41H50FN3S. The number of terminal acetylenes is 1. The van der Waals surface area contributed by atoms with Crippen molar-refractivity contribution in [3.63, 3.8) is 0 Å². The first kappa shape index (κ1) is 35.2. The molecule has 1 aliphatic carbocycles. The highest BCUT2D eigenvalue weighted by Crippen LogP contribution is 2.52. The minimum atomic E-state index is -0.0921. The lowest BCUT2D eigenvalue weighted by molar-refractivity contribution is 0.356. The molecular weight excluding hydrogens is 586 g/mol. The van der Waals surface area contributed by atoms with Crippen molar-refractivity contribution in [3.8, 4) is 22.8 Å². The van der Waals surface area contributed by atoms with Gasteiger partial charge < -0.3 is 10.6 Å². The van der Waals surface area contributed by atoms with Crippen LogP contribution < -0.4 is 10.6 Å². The molecule has 0 atom stereocenters. The Labute approximate surface area is 281 Å². The number of likely N-dealkylation sites (N-methyl/N-ethyl adjacent to an activating group) is 1. The maximum Gasteiger partial charge on any atom is 0.124 e. The lowest BCUT2D eigenvalue weighted by Crippen LogP contribution is -2.26. The van der Waals surface area contributed by atoms with Gasteiger partial charge in [0.1, 0.15) is 10.8 Å². The van der Waals surface area contributed by atoms with Gasteiger partial charge in [-0.3, -0.25) is 4.90 Å². The highest BCUT2D eigenvalue weighted by Gasteiger charge is 2.32. The SMILES string of the molecule is C#C/C=C\C=C(/C)CN(C)Cc1c(-c2ccc(CN)cc2)sc2c1C(=C)C(C(=CCCC)C(C)C)=CN2CC1=C(C)CCC=C1F. The van der Waals surface area contributed by atoms with Gasteiger partial charge in [0.25, 0.3) is 0 Å². The van der Waals surface area contributed by atoms with Gasteiger partial charge in [-0.05, 0) is 86.1 Å². The lowest BCUT2D eigenvalue weighted by atomic mass is 9.84. The zero-order valence-corrected chi connectivity index (χ0v) is 29.4. The third-order valence-corrected chi connectivity index (χ3v) is 10.0. The van der Waals surface area contributed by atoms with E-state index in [0.717, 1.165) is 77.2 Å². The van der Waals surface area contributed by atoms with E-state index in [1.165, 1.54) is 27.2 Å². The summed E-state index contributed by atoms with van der Waals surface area (Å²) in [6.45, 7) is 18.2. The molecule has 0 amide bonds. The fourth-order valence-electron chi connectivity index (χ4n) is 6.24. The molecule has 242 valence electrons. The molecule has 3 nitrogen and oxygen atoms in total. The molecule has 0 bridgehead atoms. The van der Waals surface area contributed by atoms with Crippen LogP contribution in [0.4, 0.5) is 9.39 Å². The molecule has 5 heteroatoms. The Morgan fingerprint density at radius 1 is 1.26 bits per heavy atom. The molecule has 4 rings (SSSR count). The molecule has 2 aliphatic rings. The highest BCUT2D eigenvalue weighted by molar-refractivity contribution is 7.20. The second kappa shape index (κ2) is 16.2. The maximum atomic E-state index is 15.4. The Balaban J connectivity index is 1.91. The van der Waals surface area contributed by atoms with Crippen LogP contribution in [0.3, 0.4) is 0 Å². The van der Waals surface area contributed by atoms with Crippen LogP contribution in [-0.2, 0) is 13.1 Å². The summed E-state index contributed by atoms with van der Waals surface area (Å²) in [5.74, 6) is 2.79. The third kappa shape index (κ3) is 8.17. The molecule has 2 aromatic rings. The standard InChI is InChI=1S/C41H50FN3S/c1-9-11-13-15-29(5)24-44(8)25-37-39-31(7)36(34(28(3)4)17-12-10-2)27-45(26-35-30(6)16-14-18-38(35)42)41(39)46-40(37)33-21-19-32(23-43)20-22-33/h1,11,13,15,17-22,27-28H,7,10,12,14,16,23-26,43H2,2-6,8H3/b13-11-,29-15+,34-17?. The zero-order valence-electron chi connectivity index (χ0n) is 28.6. The molecule has 0 fully saturated rings. The van der Waals surface area contributed by atoms with E-state index in [9.17, 15) is 0 Å². The Morgan fingerprint density at radius 3 is 2.63 bits per heavy atom. The number of hydrogen-bond donors (Lipinski definition) is 1. The Bertz CT molecular complexity index is 1650. The average molecular weight is 636 g/mol. The second-order valence-corrected chi connectivity index (χ2v) is 13.8. The molecule has 0 saturated heterocycles. The number of halogens is 1. The van der Waals surface area contributed by atoms with Crippen LogP contribution in [0.25, 0.3) is 16.0 Å². The zero-order chi connectivity index (χ0) is 33.4. The van der Waals surface area contributed by atoms with Crippen LogP contribution in [0.15, 0.2) is 101 Å². The van der Waals surface area contributed by atoms with Crippen LogP contribution in [0.2, 0.25) is 0 Å². The molecule has 1 aliphatic heterocycles. The number of thiophene rings is 1. The normalized spacial score (nSPS) is 16.0. The molecule has 0 saturated carbocycles. The number of nitrogens with zero attached hydrogens (tertiary/aromatic N) is 2. The molecule has 0 unspecified atom stereocenters. The van der Waals surface area contributed by atoms with Crippen LogP contribution in [-0.4, -0.2) is 25.0 Å². The summed E-state index contributed by atoms with van der Waals surface area (Å²) >= 11 is 1.78. The predicted octanol–water partition coefficient (Wildman–Crippen LogP) is 10.5. The summed E-state index contributed by atoms with van der Waals surface area (Å²) in [5, 5.41) is 1.12. The van der Waals surface area contributed by atoms with E-state index >= 15 is 4.39 Å². The number of anilines is 1. The first-order chi connectivity index (χ1) is 22.1. The van der Waals surface area contributed by atoms with Crippen LogP contribution >= 0.6 is 11.3 Å². The molecule has 46 heavy (non-hydrogen) atoms. The van der Waals surface area contributed by atoms with Crippen molar-refractivity contribution in [1.29, 1.82) is 0 Å². The second-order valence-electron chi connectivity index (χ2n) is 12.8. The number of hydrogen-bond acceptors (Lipinski definition) is 4. The molecule has 1 aromatic heterocycles. The number of nitrogens with two attached hydrogens (primary N) is 1. The van der Waals surface area contributed by atoms with Crippen LogP contribution in [0.5, 0.6) is 0 Å². The number of benzene rings is 1. The fraction of sp³-hybridized carbons (Fsp3) is 0.366. The summed E-state index contributed by atoms with van der Waals surface area (Å²) in [4.78, 5) is 5.85. The number of rotatable bonds is 13. The largest absolute Gasteiger partial charge is 0.334 e. The first-order valence-electron chi connectivity index (χ1n) is 16.4. The van der Waals surface area contributed by atoms with Crippen molar-refractivity contribution < 1.29 is 4.39 Å². The van der Waals surface area contributed by atoms with Gasteiger partial charge in [0.15, 0.2) is 0 Å². The minimum absolute atomic E-state index is 0.0921. The van der Waals surface area contributed by atoms with E-state index in [-0.39, 0.29) is 5.83 Å². The van der Waals surface area contributed by atoms with Crippen molar-refractivity contribution in [2.75, 3.05) is 25.0 Å². The van der Waals surface area contributed by atoms with Gasteiger partial charge >= 0.3 is 0 Å². The molecule has 2 heterocycles. The Morgan fingerprint density at radius 2 is 2.00 bits per heavy atom. The van der Waals surface area contributed by atoms with Crippen molar-refractivity contribution in [2.24, 2.45) is 11.7 Å². The van der Waals surface area contributed by atoms with Gasteiger partial charge in [-0.15, -0.1) is 17.8 Å². The summed E-state index contributed by atoms with van der Waals surface area (Å²) in [6, 6.07) is 8.58. The molecule has 2 N–H and O–H groups in total. The van der Waals surface area contributed by atoms with Crippen molar-refractivity contribution >= 4 is 21.9 Å². The van der Waals surface area contributed by atoms with E-state index < -0.39 is 0 Å². The Kier molecular flexibility index (Phi) is 12.4. The minimum Gasteiger partial charge on any atom is -0.334 e. The lowest BCUT2D eigenvalue weighted by Gasteiger charge is -2.32. The van der Waals surface area contributed by atoms with Crippen molar-refractivity contribution in [3.05, 3.63) is 118 Å². The van der Waals surface area contributed by atoms with Crippen molar-refractivity contribution in [2.45, 2.75) is 73.4 Å². The number of fused-ring (bicyclic) bond motifs is 1. The smallest absolute Gasteiger partial charge is 0.124 e. The summed E-state index contributed by atoms with van der Waals surface area (Å²) < 4.78 is 15.4. The third-order valence-electron chi connectivity index (χ3n) is 8.69. The quantitative estimate of drug-likeness (QED) is 0.176. The van der Waals surface area contributed by atoms with E-state index in [2.05, 4.69) is 100 Å². The molecule has 0 spiro atoms. The van der Waals surface area contributed by atoms with Gasteiger partial charge in [-0.25, -0.2) is 4.39 Å². The monoisotopic (exact) mass is 635 g/mol. The van der Waals surface area contributed by atoms with Gasteiger partial charge in [-0.2, -0.15) is 0 Å². The summed E-state index contributed by atoms with van der Waals surface area (Å²) in [5.41, 5.74) is 17.3. The summed E-state index contributed by atoms with van der Waals surface area (Å²) in [6.07, 6.45) is 21.2. The van der Waals surface area contributed by atoms with Gasteiger partial charge in [-0.1, -0.05) is 93.3 Å². The van der Waals surface area contributed by atoms with Crippen molar-refractivity contribution in [1.82, 2.24) is 4.90 Å². The predicted molar refractivity (Wildman–Crippen MR) is 199 cm³/mol. The molecule has 0 radical (unpaired) electrons. The Hall–Kier alpha value is -3.69. The van der Waals surface area contributed by atoms with E-state index in [0.29, 0.717) is 19.0 Å². The molecule has 1 aromatic carbocycles. The van der Waals surface area contributed by atoms with Gasteiger partial charge in [0.2, 0.25) is 0 Å². The van der Waals surface area contributed by atoms with Gasteiger partial charge in [0, 0.05) is 47.4 Å².